The number of anilines is 2. The summed E-state index contributed by atoms with van der Waals surface area (Å²) in [5.74, 6) is 6.70. The highest BCUT2D eigenvalue weighted by atomic mass is 16.7. The molecule has 0 saturated carbocycles. The standard InChI is InChI=1S/C28H27N7O3/c1-18-7-9-21(32-28(36)35-24(12-14-38-35)19-5-3-2-4-6-19)15-20(18)8-10-23-25-26(29)30-17-31-27(25)34(33-23)22-11-13-37-16-22/h2-7,9,15,17,22,24H,11-14,16H2,1H3,(H,32,36)(H2,29,30,31)/t22-,24-/m1/s1. The Balaban J connectivity index is 1.27. The molecular formula is C28H27N7O3. The summed E-state index contributed by atoms with van der Waals surface area (Å²) >= 11 is 0. The molecule has 0 spiro atoms. The number of carbonyl (C=O) groups is 1. The predicted molar refractivity (Wildman–Crippen MR) is 142 cm³/mol. The molecular weight excluding hydrogens is 482 g/mol. The molecule has 2 fully saturated rings. The Morgan fingerprint density at radius 3 is 2.79 bits per heavy atom. The summed E-state index contributed by atoms with van der Waals surface area (Å²) in [5.41, 5.74) is 10.7. The molecule has 0 bridgehead atoms. The molecule has 2 amide bonds. The van der Waals surface area contributed by atoms with Gasteiger partial charge in [0.1, 0.15) is 17.8 Å². The van der Waals surface area contributed by atoms with Crippen LogP contribution < -0.4 is 11.1 Å². The number of amides is 2. The molecule has 2 saturated heterocycles. The maximum atomic E-state index is 13.1. The van der Waals surface area contributed by atoms with E-state index in [2.05, 4.69) is 27.1 Å². The van der Waals surface area contributed by atoms with Crippen LogP contribution >= 0.6 is 0 Å². The molecule has 0 radical (unpaired) electrons. The van der Waals surface area contributed by atoms with E-state index in [0.717, 1.165) is 29.5 Å². The van der Waals surface area contributed by atoms with Crippen LogP contribution in [0, 0.1) is 18.8 Å². The first-order valence-electron chi connectivity index (χ1n) is 12.6. The van der Waals surface area contributed by atoms with Crippen LogP contribution in [0.4, 0.5) is 16.3 Å². The van der Waals surface area contributed by atoms with Crippen LogP contribution in [-0.4, -0.2) is 50.7 Å². The number of aryl methyl sites for hydroxylation is 1. The van der Waals surface area contributed by atoms with Crippen molar-refractivity contribution in [2.75, 3.05) is 30.9 Å². The van der Waals surface area contributed by atoms with E-state index >= 15 is 0 Å². The molecule has 38 heavy (non-hydrogen) atoms. The van der Waals surface area contributed by atoms with Crippen molar-refractivity contribution >= 4 is 28.6 Å². The van der Waals surface area contributed by atoms with Crippen LogP contribution in [0.5, 0.6) is 0 Å². The van der Waals surface area contributed by atoms with E-state index in [1.807, 2.05) is 60.1 Å². The number of nitrogens with zero attached hydrogens (tertiary/aromatic N) is 5. The second kappa shape index (κ2) is 10.1. The Morgan fingerprint density at radius 1 is 1.11 bits per heavy atom. The monoisotopic (exact) mass is 509 g/mol. The first kappa shape index (κ1) is 23.9. The van der Waals surface area contributed by atoms with Crippen LogP contribution in [0.3, 0.4) is 0 Å². The van der Waals surface area contributed by atoms with Gasteiger partial charge in [-0.1, -0.05) is 42.3 Å². The normalized spacial score (nSPS) is 18.9. The number of carbonyl (C=O) groups excluding carboxylic acids is 1. The molecule has 10 nitrogen and oxygen atoms in total. The number of hydrogen-bond donors (Lipinski definition) is 2. The van der Waals surface area contributed by atoms with Gasteiger partial charge in [0.25, 0.3) is 0 Å². The van der Waals surface area contributed by atoms with Crippen molar-refractivity contribution in [3.05, 3.63) is 77.2 Å². The van der Waals surface area contributed by atoms with Crippen molar-refractivity contribution in [2.24, 2.45) is 0 Å². The van der Waals surface area contributed by atoms with E-state index in [1.165, 1.54) is 11.4 Å². The summed E-state index contributed by atoms with van der Waals surface area (Å²) in [6, 6.07) is 15.1. The van der Waals surface area contributed by atoms with Crippen molar-refractivity contribution < 1.29 is 14.4 Å². The fourth-order valence-corrected chi connectivity index (χ4v) is 4.84. The molecule has 0 unspecified atom stereocenters. The Bertz CT molecular complexity index is 1550. The molecule has 6 rings (SSSR count). The number of nitrogens with one attached hydrogen (secondary N) is 1. The van der Waals surface area contributed by atoms with E-state index in [1.54, 1.807) is 0 Å². The number of nitrogens with two attached hydrogens (primary N) is 1. The summed E-state index contributed by atoms with van der Waals surface area (Å²) in [7, 11) is 0. The zero-order valence-electron chi connectivity index (χ0n) is 20.9. The van der Waals surface area contributed by atoms with Gasteiger partial charge in [0.05, 0.1) is 30.7 Å². The average molecular weight is 510 g/mol. The topological polar surface area (TPSA) is 120 Å². The maximum absolute atomic E-state index is 13.1. The minimum Gasteiger partial charge on any atom is -0.383 e. The number of nitrogen functional groups attached to an aromatic ring is 1. The lowest BCUT2D eigenvalue weighted by Crippen LogP contribution is -2.33. The quantitative estimate of drug-likeness (QED) is 0.401. The number of rotatable bonds is 3. The zero-order valence-corrected chi connectivity index (χ0v) is 20.9. The fraction of sp³-hybridized carbons (Fsp3) is 0.286. The maximum Gasteiger partial charge on any atom is 0.346 e. The lowest BCUT2D eigenvalue weighted by molar-refractivity contribution is -0.0829. The molecule has 4 heterocycles. The second-order valence-electron chi connectivity index (χ2n) is 9.35. The van der Waals surface area contributed by atoms with Crippen LogP contribution in [0.15, 0.2) is 54.9 Å². The predicted octanol–water partition coefficient (Wildman–Crippen LogP) is 3.99. The van der Waals surface area contributed by atoms with Gasteiger partial charge in [-0.25, -0.2) is 19.4 Å². The Kier molecular flexibility index (Phi) is 6.37. The van der Waals surface area contributed by atoms with Gasteiger partial charge in [-0.05, 0) is 42.5 Å². The highest BCUT2D eigenvalue weighted by molar-refractivity contribution is 5.91. The first-order valence-corrected chi connectivity index (χ1v) is 12.6. The Hall–Kier alpha value is -4.46. The van der Waals surface area contributed by atoms with Crippen LogP contribution in [0.25, 0.3) is 11.0 Å². The SMILES string of the molecule is Cc1ccc(NC(=O)N2OCC[C@@H]2c2ccccc2)cc1C#Cc1nn([C@@H]2CCOC2)c2ncnc(N)c12. The van der Waals surface area contributed by atoms with Crippen LogP contribution in [-0.2, 0) is 9.57 Å². The first-order chi connectivity index (χ1) is 18.6. The molecule has 2 aromatic heterocycles. The van der Waals surface area contributed by atoms with Gasteiger partial charge in [0.2, 0.25) is 0 Å². The van der Waals surface area contributed by atoms with E-state index < -0.39 is 0 Å². The number of aromatic nitrogens is 4. The molecule has 3 N–H and O–H groups in total. The molecule has 2 aliphatic rings. The van der Waals surface area contributed by atoms with Gasteiger partial charge in [0.15, 0.2) is 5.65 Å². The molecule has 2 atom stereocenters. The van der Waals surface area contributed by atoms with Crippen molar-refractivity contribution in [1.82, 2.24) is 24.8 Å². The van der Waals surface area contributed by atoms with Gasteiger partial charge in [-0.3, -0.25) is 4.84 Å². The molecule has 4 aromatic rings. The number of ether oxygens (including phenoxy) is 1. The lowest BCUT2D eigenvalue weighted by Gasteiger charge is -2.23. The van der Waals surface area contributed by atoms with E-state index in [4.69, 9.17) is 20.4 Å². The molecule has 0 aliphatic carbocycles. The minimum absolute atomic E-state index is 0.0788. The van der Waals surface area contributed by atoms with E-state index in [9.17, 15) is 4.79 Å². The number of hydroxylamine groups is 2. The summed E-state index contributed by atoms with van der Waals surface area (Å²) in [6.07, 6.45) is 3.02. The molecule has 192 valence electrons. The summed E-state index contributed by atoms with van der Waals surface area (Å²) in [5, 5.41) is 9.72. The largest absolute Gasteiger partial charge is 0.383 e. The summed E-state index contributed by atoms with van der Waals surface area (Å²) in [4.78, 5) is 27.3. The Morgan fingerprint density at radius 2 is 1.97 bits per heavy atom. The van der Waals surface area contributed by atoms with Gasteiger partial charge in [-0.15, -0.1) is 0 Å². The van der Waals surface area contributed by atoms with Gasteiger partial charge < -0.3 is 15.8 Å². The van der Waals surface area contributed by atoms with Crippen molar-refractivity contribution in [1.29, 1.82) is 0 Å². The Labute approximate surface area is 219 Å². The number of fused-ring (bicyclic) bond motifs is 1. The minimum atomic E-state index is -0.326. The third-order valence-electron chi connectivity index (χ3n) is 6.86. The fourth-order valence-electron chi connectivity index (χ4n) is 4.84. The number of hydrogen-bond acceptors (Lipinski definition) is 7. The van der Waals surface area contributed by atoms with Crippen molar-refractivity contribution in [3.63, 3.8) is 0 Å². The third-order valence-corrected chi connectivity index (χ3v) is 6.86. The highest BCUT2D eigenvalue weighted by Gasteiger charge is 2.32. The highest BCUT2D eigenvalue weighted by Crippen LogP contribution is 2.31. The lowest BCUT2D eigenvalue weighted by atomic mass is 10.1. The van der Waals surface area contributed by atoms with E-state index in [0.29, 0.717) is 48.1 Å². The zero-order chi connectivity index (χ0) is 26.1. The van der Waals surface area contributed by atoms with E-state index in [-0.39, 0.29) is 18.1 Å². The van der Waals surface area contributed by atoms with Crippen LogP contribution in [0.2, 0.25) is 0 Å². The summed E-state index contributed by atoms with van der Waals surface area (Å²) in [6.45, 7) is 3.70. The van der Waals surface area contributed by atoms with Crippen molar-refractivity contribution in [3.8, 4) is 11.8 Å². The second-order valence-corrected chi connectivity index (χ2v) is 9.35. The molecule has 10 heteroatoms. The summed E-state index contributed by atoms with van der Waals surface area (Å²) < 4.78 is 7.38. The number of benzene rings is 2. The van der Waals surface area contributed by atoms with Gasteiger partial charge >= 0.3 is 6.03 Å². The third kappa shape index (κ3) is 4.53. The number of urea groups is 1. The molecule has 2 aliphatic heterocycles. The van der Waals surface area contributed by atoms with Gasteiger partial charge in [0, 0.05) is 24.3 Å². The average Bonchev–Trinajstić information content (AvgIpc) is 3.70. The molecule has 2 aromatic carbocycles. The van der Waals surface area contributed by atoms with Gasteiger partial charge in [-0.2, -0.15) is 10.2 Å². The smallest absolute Gasteiger partial charge is 0.346 e. The van der Waals surface area contributed by atoms with Crippen molar-refractivity contribution in [2.45, 2.75) is 31.8 Å². The van der Waals surface area contributed by atoms with Crippen LogP contribution in [0.1, 0.15) is 47.3 Å².